The second-order valence-corrected chi connectivity index (χ2v) is 11.3. The molecule has 0 atom stereocenters. The van der Waals surface area contributed by atoms with Gasteiger partial charge in [0.2, 0.25) is 0 Å². The zero-order valence-electron chi connectivity index (χ0n) is 22.3. The first-order chi connectivity index (χ1) is 19.1. The molecule has 0 unspecified atom stereocenters. The summed E-state index contributed by atoms with van der Waals surface area (Å²) >= 11 is 0. The molecule has 0 fully saturated rings. The molecule has 0 bridgehead atoms. The fourth-order valence-corrected chi connectivity index (χ4v) is 3.96. The summed E-state index contributed by atoms with van der Waals surface area (Å²) in [5, 5.41) is 22.0. The van der Waals surface area contributed by atoms with E-state index in [1.807, 2.05) is 0 Å². The topological polar surface area (TPSA) is 206 Å². The van der Waals surface area contributed by atoms with Gasteiger partial charge >= 0.3 is 22.1 Å². The van der Waals surface area contributed by atoms with Crippen LogP contribution in [0.2, 0.25) is 0 Å². The molecule has 0 aliphatic heterocycles. The third kappa shape index (κ3) is 7.76. The van der Waals surface area contributed by atoms with Gasteiger partial charge < -0.3 is 25.7 Å². The van der Waals surface area contributed by atoms with Crippen LogP contribution in [-0.4, -0.2) is 55.9 Å². The van der Waals surface area contributed by atoms with E-state index in [-0.39, 0.29) is 40.2 Å². The lowest BCUT2D eigenvalue weighted by molar-refractivity contribution is -0.146. The molecule has 12 nitrogen and oxygen atoms in total. The summed E-state index contributed by atoms with van der Waals surface area (Å²) in [7, 11) is -4.24. The van der Waals surface area contributed by atoms with Gasteiger partial charge in [0.1, 0.15) is 5.84 Å². The third-order valence-corrected chi connectivity index (χ3v) is 6.37. The van der Waals surface area contributed by atoms with Crippen molar-refractivity contribution in [2.45, 2.75) is 13.8 Å². The van der Waals surface area contributed by atoms with E-state index < -0.39 is 39.3 Å². The number of amidine groups is 1. The Morgan fingerprint density at radius 3 is 2.07 bits per heavy atom. The number of carbonyl (C=O) groups excluding carboxylic acids is 3. The van der Waals surface area contributed by atoms with Crippen molar-refractivity contribution in [2.24, 2.45) is 11.1 Å². The van der Waals surface area contributed by atoms with Gasteiger partial charge in [-0.15, -0.1) is 0 Å². The summed E-state index contributed by atoms with van der Waals surface area (Å²) in [6.07, 6.45) is 0.688. The van der Waals surface area contributed by atoms with E-state index in [2.05, 4.69) is 14.8 Å². The zero-order chi connectivity index (χ0) is 30.5. The van der Waals surface area contributed by atoms with E-state index >= 15 is 0 Å². The largest absolute Gasteiger partial charge is 0.481 e. The minimum atomic E-state index is -4.24. The van der Waals surface area contributed by atoms with Crippen LogP contribution in [-0.2, 0) is 19.1 Å². The summed E-state index contributed by atoms with van der Waals surface area (Å²) in [6, 6.07) is 16.3. The highest BCUT2D eigenvalue weighted by atomic mass is 32.2. The summed E-state index contributed by atoms with van der Waals surface area (Å²) in [5.41, 5.74) is 5.16. The number of nitrogens with two attached hydrogens (primary N) is 1. The Kier molecular flexibility index (Phi) is 8.93. The number of anilines is 1. The molecule has 13 heteroatoms. The van der Waals surface area contributed by atoms with E-state index in [4.69, 9.17) is 11.1 Å². The predicted molar refractivity (Wildman–Crippen MR) is 151 cm³/mol. The minimum Gasteiger partial charge on any atom is -0.481 e. The summed E-state index contributed by atoms with van der Waals surface area (Å²) in [5.74, 6) is -3.81. The lowest BCUT2D eigenvalue weighted by atomic mass is 9.92. The van der Waals surface area contributed by atoms with Crippen LogP contribution >= 0.6 is 0 Å². The van der Waals surface area contributed by atoms with Crippen LogP contribution < -0.4 is 16.4 Å². The molecule has 0 radical (unpaired) electrons. The first-order valence-corrected chi connectivity index (χ1v) is 13.9. The monoisotopic (exact) mass is 580 g/mol. The fourth-order valence-electron chi connectivity index (χ4n) is 3.60. The molecule has 41 heavy (non-hydrogen) atoms. The Morgan fingerprint density at radius 2 is 1.49 bits per heavy atom. The Balaban J connectivity index is 2.03. The van der Waals surface area contributed by atoms with Crippen molar-refractivity contribution in [3.8, 4) is 11.1 Å². The molecule has 3 aromatic carbocycles. The molecule has 2 amide bonds. The molecular weight excluding hydrogens is 552 g/mol. The number of aliphatic carboxylic acids is 1. The SMILES string of the molecule is CC(C)(CNC(=O)c1ccc(-c2ccccc2C(=O)Nc2ccc(C(=N)N)cc2)c(C(=O)OS(C)(=O)=O)c1)C(=O)O. The molecule has 0 aliphatic carbocycles. The molecular formula is C28H28N4O8S. The highest BCUT2D eigenvalue weighted by Gasteiger charge is 2.28. The van der Waals surface area contributed by atoms with Crippen molar-refractivity contribution < 1.29 is 36.9 Å². The quantitative estimate of drug-likeness (QED) is 0.136. The van der Waals surface area contributed by atoms with Crippen LogP contribution in [0.4, 0.5) is 5.69 Å². The average molecular weight is 581 g/mol. The van der Waals surface area contributed by atoms with Gasteiger partial charge in [-0.05, 0) is 67.4 Å². The van der Waals surface area contributed by atoms with E-state index in [9.17, 15) is 32.7 Å². The van der Waals surface area contributed by atoms with Gasteiger partial charge in [-0.1, -0.05) is 24.3 Å². The maximum absolute atomic E-state index is 13.2. The van der Waals surface area contributed by atoms with Gasteiger partial charge in [0.05, 0.1) is 17.2 Å². The summed E-state index contributed by atoms with van der Waals surface area (Å²) in [4.78, 5) is 50.4. The number of nitrogen functional groups attached to an aromatic ring is 1. The highest BCUT2D eigenvalue weighted by Crippen LogP contribution is 2.30. The van der Waals surface area contributed by atoms with E-state index in [1.54, 1.807) is 36.4 Å². The van der Waals surface area contributed by atoms with Crippen molar-refractivity contribution in [2.75, 3.05) is 18.1 Å². The molecule has 214 valence electrons. The van der Waals surface area contributed by atoms with Gasteiger partial charge in [0.15, 0.2) is 0 Å². The molecule has 0 saturated heterocycles. The zero-order valence-corrected chi connectivity index (χ0v) is 23.2. The molecule has 3 rings (SSSR count). The molecule has 6 N–H and O–H groups in total. The van der Waals surface area contributed by atoms with E-state index in [0.717, 1.165) is 6.07 Å². The standard InChI is InChI=1S/C28H28N4O8S/c1-28(2,27(36)37)15-31-24(33)17-10-13-20(22(14-17)26(35)40-41(3,38)39)19-6-4-5-7-21(19)25(34)32-18-11-8-16(9-12-18)23(29)30/h4-14H,15H2,1-3H3,(H3,29,30)(H,31,33)(H,32,34)(H,36,37). The van der Waals surface area contributed by atoms with Crippen LogP contribution in [0.1, 0.15) is 50.5 Å². The molecule has 0 heterocycles. The normalized spacial score (nSPS) is 11.3. The van der Waals surface area contributed by atoms with E-state index in [0.29, 0.717) is 17.5 Å². The molecule has 0 saturated carbocycles. The predicted octanol–water partition coefficient (Wildman–Crippen LogP) is 2.85. The number of carboxylic acids is 1. The molecule has 0 aliphatic rings. The van der Waals surface area contributed by atoms with Gasteiger partial charge in [-0.3, -0.25) is 19.8 Å². The smallest absolute Gasteiger partial charge is 0.354 e. The van der Waals surface area contributed by atoms with Gasteiger partial charge in [-0.2, -0.15) is 8.42 Å². The molecule has 0 spiro atoms. The number of carbonyl (C=O) groups is 4. The lowest BCUT2D eigenvalue weighted by Gasteiger charge is -2.20. The van der Waals surface area contributed by atoms with Crippen LogP contribution in [0.15, 0.2) is 66.7 Å². The Hall–Kier alpha value is -5.04. The Labute approximate surface area is 236 Å². The maximum atomic E-state index is 13.2. The summed E-state index contributed by atoms with van der Waals surface area (Å²) in [6.45, 7) is 2.63. The number of hydrogen-bond donors (Lipinski definition) is 5. The first kappa shape index (κ1) is 30.5. The van der Waals surface area contributed by atoms with Crippen LogP contribution in [0.3, 0.4) is 0 Å². The first-order valence-electron chi connectivity index (χ1n) is 12.0. The lowest BCUT2D eigenvalue weighted by Crippen LogP contribution is -2.38. The third-order valence-electron chi connectivity index (χ3n) is 5.91. The Morgan fingerprint density at radius 1 is 0.902 bits per heavy atom. The number of carboxylic acid groups (broad SMARTS) is 1. The van der Waals surface area contributed by atoms with Crippen molar-refractivity contribution in [3.05, 3.63) is 89.0 Å². The Bertz CT molecular complexity index is 1650. The van der Waals surface area contributed by atoms with Crippen molar-refractivity contribution in [1.82, 2.24) is 5.32 Å². The summed E-state index contributed by atoms with van der Waals surface area (Å²) < 4.78 is 28.1. The van der Waals surface area contributed by atoms with Crippen molar-refractivity contribution in [1.29, 1.82) is 5.41 Å². The van der Waals surface area contributed by atoms with Crippen molar-refractivity contribution >= 4 is 45.4 Å². The molecule has 0 aromatic heterocycles. The van der Waals surface area contributed by atoms with Crippen LogP contribution in [0.5, 0.6) is 0 Å². The van der Waals surface area contributed by atoms with Crippen LogP contribution in [0, 0.1) is 10.8 Å². The fraction of sp³-hybridized carbons (Fsp3) is 0.179. The number of benzene rings is 3. The van der Waals surface area contributed by atoms with Crippen molar-refractivity contribution in [3.63, 3.8) is 0 Å². The van der Waals surface area contributed by atoms with Gasteiger partial charge in [-0.25, -0.2) is 4.79 Å². The number of hydrogen-bond acceptors (Lipinski definition) is 8. The average Bonchev–Trinajstić information content (AvgIpc) is 2.90. The minimum absolute atomic E-state index is 0.0668. The second-order valence-electron chi connectivity index (χ2n) is 9.70. The maximum Gasteiger partial charge on any atom is 0.354 e. The number of amides is 2. The molecule has 3 aromatic rings. The van der Waals surface area contributed by atoms with Gasteiger partial charge in [0.25, 0.3) is 11.8 Å². The number of rotatable bonds is 10. The van der Waals surface area contributed by atoms with Crippen LogP contribution in [0.25, 0.3) is 11.1 Å². The number of nitrogens with one attached hydrogen (secondary N) is 3. The highest BCUT2D eigenvalue weighted by molar-refractivity contribution is 7.86. The van der Waals surface area contributed by atoms with Gasteiger partial charge in [0, 0.05) is 28.9 Å². The van der Waals surface area contributed by atoms with E-state index in [1.165, 1.54) is 38.1 Å². The second kappa shape index (κ2) is 12.0.